The van der Waals surface area contributed by atoms with Crippen molar-refractivity contribution >= 4 is 46.1 Å². The van der Waals surface area contributed by atoms with E-state index in [1.54, 1.807) is 0 Å². The van der Waals surface area contributed by atoms with E-state index in [4.69, 9.17) is 4.74 Å². The maximum absolute atomic E-state index is 7.37. The van der Waals surface area contributed by atoms with Crippen molar-refractivity contribution in [3.05, 3.63) is 130 Å². The predicted molar refractivity (Wildman–Crippen MR) is 244 cm³/mol. The number of nitrogens with zero attached hydrogens (tertiary/aromatic N) is 2. The van der Waals surface area contributed by atoms with Crippen molar-refractivity contribution in [1.29, 1.82) is 0 Å². The first-order valence-corrected chi connectivity index (χ1v) is 21.5. The van der Waals surface area contributed by atoms with Crippen LogP contribution in [0.3, 0.4) is 0 Å². The standard InChI is InChI=1S/C53H63BN2O/c1-32-27-43-47-44(28-32)56(37-22-17-34(18-23-37)50(5,6)7)48-46(38-24-19-35(51(8,9)10)29-45(38)57-48)54(47)41-30-39-40(53(13,14)26-25-52(39,11)12)31-42(41)55(43)36-20-15-33(16-21-36)49(2,3)4/h15-24,27-31,46,48H,25-26H2,1-14H3. The molecule has 4 aliphatic rings. The Morgan fingerprint density at radius 2 is 1.09 bits per heavy atom. The van der Waals surface area contributed by atoms with E-state index in [0.717, 1.165) is 5.75 Å². The van der Waals surface area contributed by atoms with E-state index >= 15 is 0 Å². The van der Waals surface area contributed by atoms with Gasteiger partial charge in [0.15, 0.2) is 6.23 Å². The molecular weight excluding hydrogens is 691 g/mol. The normalized spacial score (nSPS) is 20.3. The number of aryl methyl sites for hydroxylation is 1. The molecule has 5 aromatic carbocycles. The molecule has 0 fully saturated rings. The second-order valence-corrected chi connectivity index (χ2v) is 22.3. The van der Waals surface area contributed by atoms with Gasteiger partial charge in [-0.1, -0.05) is 132 Å². The zero-order valence-electron chi connectivity index (χ0n) is 37.1. The molecule has 2 unspecified atom stereocenters. The Morgan fingerprint density at radius 3 is 1.65 bits per heavy atom. The first-order chi connectivity index (χ1) is 26.5. The molecule has 0 spiro atoms. The summed E-state index contributed by atoms with van der Waals surface area (Å²) in [5.74, 6) is 1.12. The number of anilines is 5. The van der Waals surface area contributed by atoms with Gasteiger partial charge in [0.05, 0.1) is 0 Å². The molecule has 0 bridgehead atoms. The van der Waals surface area contributed by atoms with E-state index in [9.17, 15) is 0 Å². The zero-order valence-corrected chi connectivity index (χ0v) is 37.1. The van der Waals surface area contributed by atoms with E-state index in [2.05, 4.69) is 198 Å². The highest BCUT2D eigenvalue weighted by molar-refractivity contribution is 6.91. The Morgan fingerprint density at radius 1 is 0.579 bits per heavy atom. The summed E-state index contributed by atoms with van der Waals surface area (Å²) in [6, 6.07) is 36.0. The summed E-state index contributed by atoms with van der Waals surface area (Å²) >= 11 is 0. The SMILES string of the molecule is Cc1cc2c3c(c1)N(c1ccc(C(C)(C)C)cc1)C1Oc4cc(C(C)(C)C)ccc4C1B3c1cc3c(cc1N2c1ccc(C(C)(C)C)cc1)C(C)(C)CCC3(C)C. The van der Waals surface area contributed by atoms with Gasteiger partial charge in [-0.25, -0.2) is 0 Å². The second-order valence-electron chi connectivity index (χ2n) is 22.3. The first kappa shape index (κ1) is 38.1. The molecule has 3 aliphatic heterocycles. The number of rotatable bonds is 2. The van der Waals surface area contributed by atoms with Crippen molar-refractivity contribution in [1.82, 2.24) is 0 Å². The number of benzene rings is 5. The molecule has 9 rings (SSSR count). The minimum absolute atomic E-state index is 0.0137. The molecule has 3 nitrogen and oxygen atoms in total. The summed E-state index contributed by atoms with van der Waals surface area (Å²) in [7, 11) is 0. The number of hydrogen-bond acceptors (Lipinski definition) is 3. The van der Waals surface area contributed by atoms with Gasteiger partial charge >= 0.3 is 0 Å². The Kier molecular flexibility index (Phi) is 8.22. The van der Waals surface area contributed by atoms with Crippen LogP contribution in [0.4, 0.5) is 28.4 Å². The van der Waals surface area contributed by atoms with Crippen LogP contribution in [0.5, 0.6) is 5.75 Å². The molecule has 57 heavy (non-hydrogen) atoms. The van der Waals surface area contributed by atoms with E-state index in [0.29, 0.717) is 0 Å². The monoisotopic (exact) mass is 755 g/mol. The summed E-state index contributed by atoms with van der Waals surface area (Å²) in [6.45, 7) is 33.0. The maximum atomic E-state index is 7.37. The highest BCUT2D eigenvalue weighted by Gasteiger charge is 2.56. The third kappa shape index (κ3) is 5.98. The van der Waals surface area contributed by atoms with Crippen LogP contribution in [0, 0.1) is 6.92 Å². The zero-order chi connectivity index (χ0) is 40.8. The van der Waals surface area contributed by atoms with E-state index < -0.39 is 0 Å². The van der Waals surface area contributed by atoms with E-state index in [-0.39, 0.29) is 45.8 Å². The molecule has 0 amide bonds. The Balaban J connectivity index is 1.37. The topological polar surface area (TPSA) is 15.7 Å². The molecule has 0 aromatic heterocycles. The second kappa shape index (κ2) is 12.3. The fourth-order valence-corrected chi connectivity index (χ4v) is 10.4. The van der Waals surface area contributed by atoms with Crippen molar-refractivity contribution < 1.29 is 4.74 Å². The maximum Gasteiger partial charge on any atom is 0.231 e. The van der Waals surface area contributed by atoms with E-state index in [1.807, 2.05) is 0 Å². The first-order valence-electron chi connectivity index (χ1n) is 21.5. The largest absolute Gasteiger partial charge is 0.470 e. The molecule has 5 aromatic rings. The van der Waals surface area contributed by atoms with Crippen molar-refractivity contribution in [2.45, 2.75) is 149 Å². The van der Waals surface area contributed by atoms with Crippen LogP contribution in [-0.2, 0) is 27.1 Å². The minimum Gasteiger partial charge on any atom is -0.470 e. The molecule has 3 heterocycles. The predicted octanol–water partition coefficient (Wildman–Crippen LogP) is 12.8. The molecule has 0 saturated carbocycles. The van der Waals surface area contributed by atoms with Crippen molar-refractivity contribution in [2.75, 3.05) is 9.80 Å². The number of hydrogen-bond donors (Lipinski definition) is 0. The number of fused-ring (bicyclic) bond motifs is 7. The Hall–Kier alpha value is -4.44. The fraction of sp³-hybridized carbons (Fsp3) is 0.434. The van der Waals surface area contributed by atoms with Gasteiger partial charge in [-0.05, 0) is 145 Å². The molecule has 4 heteroatoms. The number of ether oxygens (including phenoxy) is 1. The molecule has 0 radical (unpaired) electrons. The Bertz CT molecular complexity index is 2420. The van der Waals surface area contributed by atoms with Gasteiger partial charge in [0.1, 0.15) is 5.75 Å². The van der Waals surface area contributed by atoms with Gasteiger partial charge in [-0.15, -0.1) is 0 Å². The lowest BCUT2D eigenvalue weighted by Crippen LogP contribution is -2.63. The molecule has 0 N–H and O–H groups in total. The highest BCUT2D eigenvalue weighted by Crippen LogP contribution is 2.54. The summed E-state index contributed by atoms with van der Waals surface area (Å²) in [4.78, 5) is 5.16. The summed E-state index contributed by atoms with van der Waals surface area (Å²) < 4.78 is 7.37. The minimum atomic E-state index is -0.200. The van der Waals surface area contributed by atoms with Crippen LogP contribution >= 0.6 is 0 Å². The van der Waals surface area contributed by atoms with Crippen LogP contribution in [0.25, 0.3) is 0 Å². The summed E-state index contributed by atoms with van der Waals surface area (Å²) in [6.07, 6.45) is 2.16. The summed E-state index contributed by atoms with van der Waals surface area (Å²) in [5, 5.41) is 0. The average Bonchev–Trinajstić information content (AvgIpc) is 3.50. The lowest BCUT2D eigenvalue weighted by molar-refractivity contribution is 0.231. The van der Waals surface area contributed by atoms with Gasteiger partial charge in [0.2, 0.25) is 6.71 Å². The molecule has 0 saturated heterocycles. The van der Waals surface area contributed by atoms with Crippen LogP contribution in [-0.4, -0.2) is 12.9 Å². The fourth-order valence-electron chi connectivity index (χ4n) is 10.4. The third-order valence-electron chi connectivity index (χ3n) is 14.1. The quantitative estimate of drug-likeness (QED) is 0.167. The highest BCUT2D eigenvalue weighted by atomic mass is 16.5. The van der Waals surface area contributed by atoms with Gasteiger partial charge in [-0.3, -0.25) is 0 Å². The van der Waals surface area contributed by atoms with Crippen LogP contribution in [0.1, 0.15) is 148 Å². The van der Waals surface area contributed by atoms with Crippen molar-refractivity contribution in [3.63, 3.8) is 0 Å². The van der Waals surface area contributed by atoms with Crippen LogP contribution in [0.2, 0.25) is 0 Å². The lowest BCUT2D eigenvalue weighted by atomic mass is 9.29. The van der Waals surface area contributed by atoms with Gasteiger partial charge in [-0.2, -0.15) is 0 Å². The Labute approximate surface area is 343 Å². The lowest BCUT2D eigenvalue weighted by Gasteiger charge is -2.49. The van der Waals surface area contributed by atoms with Gasteiger partial charge in [0, 0.05) is 34.3 Å². The average molecular weight is 755 g/mol. The van der Waals surface area contributed by atoms with Gasteiger partial charge in [0.25, 0.3) is 0 Å². The molecule has 2 atom stereocenters. The van der Waals surface area contributed by atoms with Crippen molar-refractivity contribution in [3.8, 4) is 5.75 Å². The van der Waals surface area contributed by atoms with Gasteiger partial charge < -0.3 is 14.5 Å². The van der Waals surface area contributed by atoms with E-state index in [1.165, 1.54) is 91.1 Å². The third-order valence-corrected chi connectivity index (χ3v) is 14.1. The molecular formula is C53H63BN2O. The smallest absolute Gasteiger partial charge is 0.231 e. The van der Waals surface area contributed by atoms with Crippen LogP contribution < -0.4 is 25.5 Å². The molecule has 1 aliphatic carbocycles. The molecule has 294 valence electrons. The summed E-state index contributed by atoms with van der Waals surface area (Å²) in [5.41, 5.74) is 18.9. The van der Waals surface area contributed by atoms with Crippen LogP contribution in [0.15, 0.2) is 91.0 Å². The van der Waals surface area contributed by atoms with Crippen molar-refractivity contribution in [2.24, 2.45) is 0 Å².